The molecule has 1 saturated carbocycles. The average Bonchev–Trinajstić information content (AvgIpc) is 2.82. The van der Waals surface area contributed by atoms with Crippen molar-refractivity contribution >= 4 is 10.0 Å². The van der Waals surface area contributed by atoms with Gasteiger partial charge in [0.15, 0.2) is 0 Å². The summed E-state index contributed by atoms with van der Waals surface area (Å²) in [7, 11) is -3.42. The number of benzene rings is 1. The molecule has 0 saturated heterocycles. The minimum absolute atomic E-state index is 0.281. The van der Waals surface area contributed by atoms with Crippen molar-refractivity contribution in [2.45, 2.75) is 69.5 Å². The summed E-state index contributed by atoms with van der Waals surface area (Å²) < 4.78 is 27.8. The summed E-state index contributed by atoms with van der Waals surface area (Å²) in [5.74, 6) is 0. The van der Waals surface area contributed by atoms with Gasteiger partial charge < -0.3 is 5.32 Å². The number of sulfonamides is 1. The second-order valence-electron chi connectivity index (χ2n) is 6.55. The third-order valence-corrected chi connectivity index (χ3v) is 5.69. The molecule has 0 aliphatic heterocycles. The van der Waals surface area contributed by atoms with Crippen molar-refractivity contribution in [3.8, 4) is 0 Å². The van der Waals surface area contributed by atoms with E-state index in [1.54, 1.807) is 12.1 Å². The fraction of sp³-hybridized carbons (Fsp3) is 0.625. The fourth-order valence-electron chi connectivity index (χ4n) is 2.75. The Balaban J connectivity index is 2.06. The molecule has 21 heavy (non-hydrogen) atoms. The van der Waals surface area contributed by atoms with Gasteiger partial charge in [-0.3, -0.25) is 0 Å². The van der Waals surface area contributed by atoms with Gasteiger partial charge in [0, 0.05) is 18.1 Å². The van der Waals surface area contributed by atoms with E-state index in [1.807, 2.05) is 19.1 Å². The first-order chi connectivity index (χ1) is 9.81. The fourth-order valence-corrected chi connectivity index (χ4v) is 4.21. The SMILES string of the molecule is CC(C)NCc1ccc(S(=O)(=O)NC2(C)CCCC2)cc1. The molecule has 0 spiro atoms. The zero-order valence-corrected chi connectivity index (χ0v) is 14.0. The summed E-state index contributed by atoms with van der Waals surface area (Å²) in [4.78, 5) is 0.351. The molecule has 1 aliphatic carbocycles. The van der Waals surface area contributed by atoms with E-state index in [0.717, 1.165) is 37.8 Å². The summed E-state index contributed by atoms with van der Waals surface area (Å²) >= 11 is 0. The van der Waals surface area contributed by atoms with Crippen LogP contribution in [0.1, 0.15) is 52.0 Å². The normalized spacial score (nSPS) is 18.3. The summed E-state index contributed by atoms with van der Waals surface area (Å²) in [5, 5.41) is 3.32. The molecule has 4 nitrogen and oxygen atoms in total. The van der Waals surface area contributed by atoms with Gasteiger partial charge in [-0.05, 0) is 37.5 Å². The van der Waals surface area contributed by atoms with E-state index in [4.69, 9.17) is 0 Å². The molecule has 0 aromatic heterocycles. The lowest BCUT2D eigenvalue weighted by Gasteiger charge is -2.24. The van der Waals surface area contributed by atoms with E-state index in [-0.39, 0.29) is 5.54 Å². The van der Waals surface area contributed by atoms with Gasteiger partial charge in [-0.1, -0.05) is 38.8 Å². The molecule has 2 N–H and O–H groups in total. The maximum absolute atomic E-state index is 12.4. The van der Waals surface area contributed by atoms with Crippen LogP contribution in [0.4, 0.5) is 0 Å². The lowest BCUT2D eigenvalue weighted by atomic mass is 10.0. The minimum Gasteiger partial charge on any atom is -0.310 e. The zero-order chi connectivity index (χ0) is 15.5. The third kappa shape index (κ3) is 4.53. The first-order valence-corrected chi connectivity index (χ1v) is 9.15. The van der Waals surface area contributed by atoms with Gasteiger partial charge in [0.1, 0.15) is 0 Å². The molecule has 0 unspecified atom stereocenters. The Kier molecular flexibility index (Phi) is 5.07. The highest BCUT2D eigenvalue weighted by atomic mass is 32.2. The number of nitrogens with one attached hydrogen (secondary N) is 2. The summed E-state index contributed by atoms with van der Waals surface area (Å²) in [5.41, 5.74) is 0.811. The highest BCUT2D eigenvalue weighted by Gasteiger charge is 2.33. The van der Waals surface area contributed by atoms with Gasteiger partial charge in [-0.25, -0.2) is 13.1 Å². The van der Waals surface area contributed by atoms with Gasteiger partial charge >= 0.3 is 0 Å². The lowest BCUT2D eigenvalue weighted by Crippen LogP contribution is -2.43. The van der Waals surface area contributed by atoms with Crippen molar-refractivity contribution in [1.29, 1.82) is 0 Å². The van der Waals surface area contributed by atoms with Crippen molar-refractivity contribution in [2.75, 3.05) is 0 Å². The van der Waals surface area contributed by atoms with Crippen LogP contribution in [-0.4, -0.2) is 20.0 Å². The molecule has 0 amide bonds. The Bertz CT molecular complexity index is 558. The number of hydrogen-bond acceptors (Lipinski definition) is 3. The first-order valence-electron chi connectivity index (χ1n) is 7.67. The summed E-state index contributed by atoms with van der Waals surface area (Å²) in [6, 6.07) is 7.55. The summed E-state index contributed by atoms with van der Waals surface area (Å²) in [6.45, 7) is 6.93. The third-order valence-electron chi connectivity index (χ3n) is 4.04. The van der Waals surface area contributed by atoms with E-state index in [2.05, 4.69) is 23.9 Å². The Morgan fingerprint density at radius 2 is 1.71 bits per heavy atom. The second-order valence-corrected chi connectivity index (χ2v) is 8.24. The average molecular weight is 310 g/mol. The Morgan fingerprint density at radius 1 is 1.14 bits per heavy atom. The maximum atomic E-state index is 12.4. The predicted molar refractivity (Wildman–Crippen MR) is 85.6 cm³/mol. The standard InChI is InChI=1S/C16H26N2O2S/c1-13(2)17-12-14-6-8-15(9-7-14)21(19,20)18-16(3)10-4-5-11-16/h6-9,13,17-18H,4-5,10-12H2,1-3H3. The van der Waals surface area contributed by atoms with E-state index in [0.29, 0.717) is 10.9 Å². The molecule has 0 bridgehead atoms. The molecule has 0 radical (unpaired) electrons. The van der Waals surface area contributed by atoms with Gasteiger partial charge in [-0.2, -0.15) is 0 Å². The van der Waals surface area contributed by atoms with Crippen LogP contribution in [0.25, 0.3) is 0 Å². The maximum Gasteiger partial charge on any atom is 0.241 e. The molecule has 0 heterocycles. The van der Waals surface area contributed by atoms with Crippen molar-refractivity contribution < 1.29 is 8.42 Å². The van der Waals surface area contributed by atoms with Crippen molar-refractivity contribution in [1.82, 2.24) is 10.0 Å². The molecule has 1 aliphatic rings. The topological polar surface area (TPSA) is 58.2 Å². The molecule has 0 atom stereocenters. The number of hydrogen-bond donors (Lipinski definition) is 2. The Morgan fingerprint density at radius 3 is 2.24 bits per heavy atom. The van der Waals surface area contributed by atoms with Crippen molar-refractivity contribution in [3.05, 3.63) is 29.8 Å². The predicted octanol–water partition coefficient (Wildman–Crippen LogP) is 2.80. The molecule has 1 aromatic rings. The van der Waals surface area contributed by atoms with E-state index in [9.17, 15) is 8.42 Å². The Labute approximate surface area is 128 Å². The van der Waals surface area contributed by atoms with Crippen LogP contribution in [-0.2, 0) is 16.6 Å². The van der Waals surface area contributed by atoms with Crippen LogP contribution >= 0.6 is 0 Å². The Hall–Kier alpha value is -0.910. The quantitative estimate of drug-likeness (QED) is 0.849. The monoisotopic (exact) mass is 310 g/mol. The molecule has 118 valence electrons. The van der Waals surface area contributed by atoms with Crippen LogP contribution in [0.15, 0.2) is 29.2 Å². The highest BCUT2D eigenvalue weighted by Crippen LogP contribution is 2.30. The largest absolute Gasteiger partial charge is 0.310 e. The molecule has 2 rings (SSSR count). The zero-order valence-electron chi connectivity index (χ0n) is 13.1. The van der Waals surface area contributed by atoms with E-state index >= 15 is 0 Å². The second kappa shape index (κ2) is 6.46. The smallest absolute Gasteiger partial charge is 0.241 e. The molecule has 5 heteroatoms. The van der Waals surface area contributed by atoms with Crippen LogP contribution in [0.5, 0.6) is 0 Å². The van der Waals surface area contributed by atoms with Gasteiger partial charge in [-0.15, -0.1) is 0 Å². The van der Waals surface area contributed by atoms with Crippen molar-refractivity contribution in [3.63, 3.8) is 0 Å². The first kappa shape index (κ1) is 16.5. The van der Waals surface area contributed by atoms with Gasteiger partial charge in [0.25, 0.3) is 0 Å². The van der Waals surface area contributed by atoms with Crippen LogP contribution in [0.3, 0.4) is 0 Å². The highest BCUT2D eigenvalue weighted by molar-refractivity contribution is 7.89. The van der Waals surface area contributed by atoms with E-state index < -0.39 is 10.0 Å². The van der Waals surface area contributed by atoms with Crippen LogP contribution in [0.2, 0.25) is 0 Å². The van der Waals surface area contributed by atoms with Crippen LogP contribution in [0, 0.1) is 0 Å². The minimum atomic E-state index is -3.42. The molecule has 1 aromatic carbocycles. The van der Waals surface area contributed by atoms with Crippen molar-refractivity contribution in [2.24, 2.45) is 0 Å². The number of rotatable bonds is 6. The van der Waals surface area contributed by atoms with Crippen LogP contribution < -0.4 is 10.0 Å². The van der Waals surface area contributed by atoms with Gasteiger partial charge in [0.05, 0.1) is 4.90 Å². The molecular weight excluding hydrogens is 284 g/mol. The van der Waals surface area contributed by atoms with Gasteiger partial charge in [0.2, 0.25) is 10.0 Å². The molecular formula is C16H26N2O2S. The summed E-state index contributed by atoms with van der Waals surface area (Å²) in [6.07, 6.45) is 4.03. The van der Waals surface area contributed by atoms with E-state index in [1.165, 1.54) is 0 Å². The lowest BCUT2D eigenvalue weighted by molar-refractivity contribution is 0.427. The molecule has 1 fully saturated rings.